The number of thioether (sulfide) groups is 1. The molecule has 1 N–H and O–H groups in total. The van der Waals surface area contributed by atoms with Crippen molar-refractivity contribution < 1.29 is 14.4 Å². The van der Waals surface area contributed by atoms with Crippen LogP contribution in [-0.4, -0.2) is 50.6 Å². The van der Waals surface area contributed by atoms with E-state index in [-0.39, 0.29) is 23.6 Å². The molecule has 1 aliphatic rings. The van der Waals surface area contributed by atoms with Gasteiger partial charge in [0.05, 0.1) is 11.8 Å². The van der Waals surface area contributed by atoms with Crippen LogP contribution in [0.15, 0.2) is 4.52 Å². The van der Waals surface area contributed by atoms with Gasteiger partial charge in [-0.25, -0.2) is 0 Å². The molecular formula is C12H19N3O3S. The maximum Gasteiger partial charge on any atom is 0.260 e. The smallest absolute Gasteiger partial charge is 0.260 e. The van der Waals surface area contributed by atoms with Crippen LogP contribution in [0.4, 0.5) is 0 Å². The van der Waals surface area contributed by atoms with Crippen LogP contribution in [0.1, 0.15) is 32.0 Å². The molecule has 2 atom stereocenters. The second-order valence-electron chi connectivity index (χ2n) is 4.79. The standard InChI is InChI=1S/C12H19N3O3S/c1-4-9-13-11(18-14-9)12(17)5-6-15(7-12)10(16)8(2)19-3/h8,17H,4-7H2,1-3H3/t8-,12+/m1/s1. The number of nitrogens with zero attached hydrogens (tertiary/aromatic N) is 3. The van der Waals surface area contributed by atoms with Gasteiger partial charge in [0.15, 0.2) is 11.4 Å². The molecule has 1 amide bonds. The quantitative estimate of drug-likeness (QED) is 0.881. The van der Waals surface area contributed by atoms with Crippen LogP contribution < -0.4 is 0 Å². The predicted octanol–water partition coefficient (Wildman–Crippen LogP) is 0.803. The van der Waals surface area contributed by atoms with Gasteiger partial charge in [0.25, 0.3) is 5.89 Å². The minimum absolute atomic E-state index is 0.0404. The van der Waals surface area contributed by atoms with E-state index in [1.807, 2.05) is 20.1 Å². The van der Waals surface area contributed by atoms with Crippen molar-refractivity contribution in [2.24, 2.45) is 0 Å². The zero-order valence-corrected chi connectivity index (χ0v) is 12.2. The van der Waals surface area contributed by atoms with Crippen molar-refractivity contribution in [1.29, 1.82) is 0 Å². The van der Waals surface area contributed by atoms with Gasteiger partial charge in [-0.2, -0.15) is 16.7 Å². The van der Waals surface area contributed by atoms with Gasteiger partial charge in [-0.3, -0.25) is 4.79 Å². The lowest BCUT2D eigenvalue weighted by molar-refractivity contribution is -0.130. The van der Waals surface area contributed by atoms with Crippen molar-refractivity contribution in [3.8, 4) is 0 Å². The number of amides is 1. The van der Waals surface area contributed by atoms with E-state index in [4.69, 9.17) is 4.52 Å². The van der Waals surface area contributed by atoms with Crippen LogP contribution in [0.3, 0.4) is 0 Å². The van der Waals surface area contributed by atoms with E-state index in [1.165, 1.54) is 11.8 Å². The Morgan fingerprint density at radius 1 is 1.68 bits per heavy atom. The van der Waals surface area contributed by atoms with Gasteiger partial charge in [0.2, 0.25) is 5.91 Å². The van der Waals surface area contributed by atoms with Crippen LogP contribution in [0.2, 0.25) is 0 Å². The molecule has 0 spiro atoms. The first-order chi connectivity index (χ1) is 9.00. The van der Waals surface area contributed by atoms with Gasteiger partial charge in [0.1, 0.15) is 0 Å². The third-order valence-electron chi connectivity index (χ3n) is 3.44. The number of aryl methyl sites for hydroxylation is 1. The molecule has 6 nitrogen and oxygen atoms in total. The van der Waals surface area contributed by atoms with Gasteiger partial charge in [-0.1, -0.05) is 12.1 Å². The Bertz CT molecular complexity index is 465. The fraction of sp³-hybridized carbons (Fsp3) is 0.750. The van der Waals surface area contributed by atoms with E-state index in [0.717, 1.165) is 0 Å². The average molecular weight is 285 g/mol. The molecule has 2 rings (SSSR count). The molecule has 106 valence electrons. The molecule has 1 aromatic heterocycles. The number of carbonyl (C=O) groups is 1. The highest BCUT2D eigenvalue weighted by Crippen LogP contribution is 2.31. The number of rotatable bonds is 4. The average Bonchev–Trinajstić information content (AvgIpc) is 3.04. The summed E-state index contributed by atoms with van der Waals surface area (Å²) in [6.45, 7) is 4.53. The SMILES string of the molecule is CCc1noc([C@]2(O)CCN(C(=O)[C@@H](C)SC)C2)n1. The molecule has 0 saturated carbocycles. The zero-order chi connectivity index (χ0) is 14.0. The molecule has 0 bridgehead atoms. The Balaban J connectivity index is 2.09. The summed E-state index contributed by atoms with van der Waals surface area (Å²) < 4.78 is 5.10. The van der Waals surface area contributed by atoms with E-state index in [9.17, 15) is 9.90 Å². The molecule has 0 aromatic carbocycles. The lowest BCUT2D eigenvalue weighted by atomic mass is 10.0. The van der Waals surface area contributed by atoms with Gasteiger partial charge in [-0.05, 0) is 13.2 Å². The topological polar surface area (TPSA) is 79.5 Å². The Labute approximate surface area is 116 Å². The van der Waals surface area contributed by atoms with Crippen molar-refractivity contribution in [3.05, 3.63) is 11.7 Å². The summed E-state index contributed by atoms with van der Waals surface area (Å²) in [5.74, 6) is 0.834. The van der Waals surface area contributed by atoms with Crippen LogP contribution >= 0.6 is 11.8 Å². The van der Waals surface area contributed by atoms with Crippen molar-refractivity contribution in [2.45, 2.75) is 37.5 Å². The van der Waals surface area contributed by atoms with Gasteiger partial charge in [-0.15, -0.1) is 0 Å². The normalized spacial score (nSPS) is 24.7. The summed E-state index contributed by atoms with van der Waals surface area (Å²) >= 11 is 1.50. The number of aliphatic hydroxyl groups is 1. The van der Waals surface area contributed by atoms with Crippen molar-refractivity contribution >= 4 is 17.7 Å². The summed E-state index contributed by atoms with van der Waals surface area (Å²) in [4.78, 5) is 17.9. The molecule has 2 heterocycles. The zero-order valence-electron chi connectivity index (χ0n) is 11.4. The molecule has 0 radical (unpaired) electrons. The van der Waals surface area contributed by atoms with Crippen LogP contribution in [-0.2, 0) is 16.8 Å². The molecule has 19 heavy (non-hydrogen) atoms. The number of aromatic nitrogens is 2. The molecule has 0 aliphatic carbocycles. The highest BCUT2D eigenvalue weighted by atomic mass is 32.2. The van der Waals surface area contributed by atoms with Crippen LogP contribution in [0, 0.1) is 0 Å². The lowest BCUT2D eigenvalue weighted by Crippen LogP contribution is -2.38. The first kappa shape index (κ1) is 14.3. The van der Waals surface area contributed by atoms with E-state index >= 15 is 0 Å². The van der Waals surface area contributed by atoms with E-state index < -0.39 is 5.60 Å². The highest BCUT2D eigenvalue weighted by Gasteiger charge is 2.44. The molecule has 1 aromatic rings. The van der Waals surface area contributed by atoms with Crippen LogP contribution in [0.5, 0.6) is 0 Å². The first-order valence-corrected chi connectivity index (χ1v) is 7.66. The Hall–Kier alpha value is -1.08. The number of hydrogen-bond donors (Lipinski definition) is 1. The summed E-state index contributed by atoms with van der Waals surface area (Å²) in [7, 11) is 0. The molecule has 1 fully saturated rings. The largest absolute Gasteiger partial charge is 0.378 e. The van der Waals surface area contributed by atoms with E-state index in [1.54, 1.807) is 4.90 Å². The fourth-order valence-corrected chi connectivity index (χ4v) is 2.45. The van der Waals surface area contributed by atoms with E-state index in [2.05, 4.69) is 10.1 Å². The molecule has 0 unspecified atom stereocenters. The summed E-state index contributed by atoms with van der Waals surface area (Å²) in [5, 5.41) is 14.2. The maximum atomic E-state index is 12.1. The Morgan fingerprint density at radius 2 is 2.42 bits per heavy atom. The van der Waals surface area contributed by atoms with E-state index in [0.29, 0.717) is 25.2 Å². The second-order valence-corrected chi connectivity index (χ2v) is 5.97. The van der Waals surface area contributed by atoms with Gasteiger partial charge in [0, 0.05) is 19.4 Å². The minimum Gasteiger partial charge on any atom is -0.378 e. The third-order valence-corrected chi connectivity index (χ3v) is 4.35. The van der Waals surface area contributed by atoms with Crippen molar-refractivity contribution in [1.82, 2.24) is 15.0 Å². The molecular weight excluding hydrogens is 266 g/mol. The summed E-state index contributed by atoms with van der Waals surface area (Å²) in [5.41, 5.74) is -1.20. The Kier molecular flexibility index (Phi) is 4.15. The minimum atomic E-state index is -1.20. The number of β-amino-alcohol motifs (C(OH)–C–C–N with tert-alkyl or cyclic N) is 1. The van der Waals surface area contributed by atoms with Crippen molar-refractivity contribution in [3.63, 3.8) is 0 Å². The lowest BCUT2D eigenvalue weighted by Gasteiger charge is -2.21. The highest BCUT2D eigenvalue weighted by molar-refractivity contribution is 7.99. The van der Waals surface area contributed by atoms with Crippen LogP contribution in [0.25, 0.3) is 0 Å². The number of likely N-dealkylation sites (tertiary alicyclic amines) is 1. The predicted molar refractivity (Wildman–Crippen MR) is 71.7 cm³/mol. The van der Waals surface area contributed by atoms with Crippen molar-refractivity contribution in [2.75, 3.05) is 19.3 Å². The van der Waals surface area contributed by atoms with Gasteiger partial charge < -0.3 is 14.5 Å². The Morgan fingerprint density at radius 3 is 3.00 bits per heavy atom. The molecule has 1 aliphatic heterocycles. The second kappa shape index (κ2) is 5.50. The van der Waals surface area contributed by atoms with Gasteiger partial charge >= 0.3 is 0 Å². The summed E-state index contributed by atoms with van der Waals surface area (Å²) in [6, 6.07) is 0. The number of carbonyl (C=O) groups excluding carboxylic acids is 1. The molecule has 7 heteroatoms. The monoisotopic (exact) mass is 285 g/mol. The third kappa shape index (κ3) is 2.76. The maximum absolute atomic E-state index is 12.1. The number of hydrogen-bond acceptors (Lipinski definition) is 6. The fourth-order valence-electron chi connectivity index (χ4n) is 2.10. The molecule has 1 saturated heterocycles. The summed E-state index contributed by atoms with van der Waals surface area (Å²) in [6.07, 6.45) is 2.99. The first-order valence-electron chi connectivity index (χ1n) is 6.37.